The Balaban J connectivity index is 1.48. The Hall–Kier alpha value is -2.70. The van der Waals surface area contributed by atoms with Crippen LogP contribution in [0.25, 0.3) is 0 Å². The lowest BCUT2D eigenvalue weighted by Gasteiger charge is -2.54. The first-order chi connectivity index (χ1) is 21.9. The maximum atomic E-state index is 16.3. The van der Waals surface area contributed by atoms with E-state index in [0.29, 0.717) is 42.7 Å². The molecule has 1 amide bonds. The van der Waals surface area contributed by atoms with E-state index >= 15 is 4.39 Å². The van der Waals surface area contributed by atoms with E-state index in [-0.39, 0.29) is 30.0 Å². The van der Waals surface area contributed by atoms with Crippen LogP contribution in [-0.4, -0.2) is 87.7 Å². The Morgan fingerprint density at radius 3 is 2.74 bits per heavy atom. The molecule has 2 aromatic rings. The molecular formula is C34H43ClFN3O6S. The third kappa shape index (κ3) is 5.83. The normalized spacial score (nSPS) is 32.6. The number of rotatable bonds is 3. The smallest absolute Gasteiger partial charge is 0.264 e. The molecule has 1 fully saturated rings. The minimum Gasteiger partial charge on any atom is -0.490 e. The first-order valence-corrected chi connectivity index (χ1v) is 17.9. The van der Waals surface area contributed by atoms with Gasteiger partial charge in [0.15, 0.2) is 0 Å². The molecule has 0 radical (unpaired) electrons. The number of benzene rings is 2. The van der Waals surface area contributed by atoms with Crippen molar-refractivity contribution in [1.82, 2.24) is 9.62 Å². The first kappa shape index (κ1) is 33.2. The molecular weight excluding hydrogens is 633 g/mol. The summed E-state index contributed by atoms with van der Waals surface area (Å²) >= 11 is 6.40. The average molecular weight is 676 g/mol. The van der Waals surface area contributed by atoms with Crippen molar-refractivity contribution in [3.8, 4) is 5.75 Å². The van der Waals surface area contributed by atoms with Crippen molar-refractivity contribution >= 4 is 33.2 Å². The monoisotopic (exact) mass is 675 g/mol. The van der Waals surface area contributed by atoms with Gasteiger partial charge in [-0.15, -0.1) is 0 Å². The van der Waals surface area contributed by atoms with Crippen LogP contribution in [-0.2, 0) is 26.6 Å². The summed E-state index contributed by atoms with van der Waals surface area (Å²) in [6, 6.07) is 10.9. The zero-order valence-electron chi connectivity index (χ0n) is 26.6. The molecule has 2 N–H and O–H groups in total. The minimum absolute atomic E-state index is 0.0669. The molecule has 6 rings (SSSR count). The number of carbonyl (C=O) groups excluding carboxylic acids is 1. The predicted molar refractivity (Wildman–Crippen MR) is 176 cm³/mol. The Morgan fingerprint density at radius 2 is 2.02 bits per heavy atom. The van der Waals surface area contributed by atoms with E-state index in [4.69, 9.17) is 21.1 Å². The van der Waals surface area contributed by atoms with Crippen LogP contribution in [0.2, 0.25) is 5.02 Å². The number of nitrogens with one attached hydrogen (secondary N) is 1. The van der Waals surface area contributed by atoms with Gasteiger partial charge in [0.05, 0.1) is 30.8 Å². The second-order valence-corrected chi connectivity index (χ2v) is 16.0. The molecule has 1 spiro atoms. The zero-order valence-corrected chi connectivity index (χ0v) is 28.2. The third-order valence-corrected chi connectivity index (χ3v) is 12.9. The minimum atomic E-state index is -4.10. The Morgan fingerprint density at radius 1 is 1.22 bits per heavy atom. The summed E-state index contributed by atoms with van der Waals surface area (Å²) in [5.74, 6) is -1.21. The Bertz CT molecular complexity index is 1640. The SMILES string of the molecule is COC[C@]1(CO)/C(F)=C/C[C@H](C)[C@@H](C)S(=O)(=O)NC(=O)c2ccc3c(c2)N(C[C@@H]2CCN21)C[C@@]1(CCCc2cc(Cl)ccc21)CO3. The topological polar surface area (TPSA) is 108 Å². The molecule has 3 heterocycles. The largest absolute Gasteiger partial charge is 0.490 e. The number of anilines is 1. The van der Waals surface area contributed by atoms with Gasteiger partial charge in [-0.2, -0.15) is 0 Å². The molecule has 0 saturated carbocycles. The van der Waals surface area contributed by atoms with Gasteiger partial charge in [0.2, 0.25) is 10.0 Å². The number of ether oxygens (including phenoxy) is 2. The summed E-state index contributed by atoms with van der Waals surface area (Å²) in [6.07, 6.45) is 4.99. The fourth-order valence-corrected chi connectivity index (χ4v) is 9.18. The number of carbonyl (C=O) groups is 1. The first-order valence-electron chi connectivity index (χ1n) is 16.0. The summed E-state index contributed by atoms with van der Waals surface area (Å²) < 4.78 is 57.2. The van der Waals surface area contributed by atoms with Gasteiger partial charge < -0.3 is 19.5 Å². The van der Waals surface area contributed by atoms with Crippen LogP contribution >= 0.6 is 11.6 Å². The lowest BCUT2D eigenvalue weighted by atomic mass is 9.70. The molecule has 1 saturated heterocycles. The van der Waals surface area contributed by atoms with Crippen molar-refractivity contribution < 1.29 is 32.2 Å². The highest BCUT2D eigenvalue weighted by atomic mass is 35.5. The van der Waals surface area contributed by atoms with E-state index in [1.54, 1.807) is 25.1 Å². The fraction of sp³-hybridized carbons (Fsp3) is 0.559. The molecule has 4 aliphatic rings. The number of allylic oxidation sites excluding steroid dienone is 1. The number of fused-ring (bicyclic) bond motifs is 4. The van der Waals surface area contributed by atoms with E-state index in [2.05, 4.69) is 15.7 Å². The average Bonchev–Trinajstić information content (AvgIpc) is 3.17. The summed E-state index contributed by atoms with van der Waals surface area (Å²) in [5.41, 5.74) is 1.45. The van der Waals surface area contributed by atoms with Gasteiger partial charge in [-0.1, -0.05) is 30.7 Å². The number of sulfonamides is 1. The van der Waals surface area contributed by atoms with Gasteiger partial charge >= 0.3 is 0 Å². The van der Waals surface area contributed by atoms with Crippen molar-refractivity contribution in [3.63, 3.8) is 0 Å². The summed E-state index contributed by atoms with van der Waals surface area (Å²) in [4.78, 5) is 17.6. The van der Waals surface area contributed by atoms with Crippen LogP contribution in [0.5, 0.6) is 5.75 Å². The maximum absolute atomic E-state index is 16.3. The van der Waals surface area contributed by atoms with Crippen LogP contribution in [0.3, 0.4) is 0 Å². The standard InChI is InChI=1S/C34H43ClFN3O6S/c1-22-6-11-31(36)34(19-40,21-44-3)39-14-12-27(39)17-38-18-33(13-4-5-24-15-26(35)8-9-28(24)33)20-45-30-10-7-25(16-29(30)38)32(41)37-46(42,43)23(22)2/h7-11,15-16,22-23,27,40H,4-6,12-14,17-21H2,1-3H3,(H,37,41)/b31-11-/t22-,23+,27-,33-,34+/m0/s1. The summed E-state index contributed by atoms with van der Waals surface area (Å²) in [5, 5.41) is 10.5. The molecule has 9 nitrogen and oxygen atoms in total. The van der Waals surface area contributed by atoms with E-state index in [9.17, 15) is 18.3 Å². The molecule has 2 bridgehead atoms. The molecule has 46 heavy (non-hydrogen) atoms. The quantitative estimate of drug-likeness (QED) is 0.486. The number of aliphatic hydroxyl groups is 1. The van der Waals surface area contributed by atoms with Crippen LogP contribution in [0.4, 0.5) is 10.1 Å². The van der Waals surface area contributed by atoms with E-state index in [1.807, 2.05) is 17.0 Å². The van der Waals surface area contributed by atoms with Gasteiger partial charge in [0, 0.05) is 48.8 Å². The highest BCUT2D eigenvalue weighted by Gasteiger charge is 2.50. The van der Waals surface area contributed by atoms with Gasteiger partial charge in [0.1, 0.15) is 17.1 Å². The number of hydrogen-bond donors (Lipinski definition) is 2. The maximum Gasteiger partial charge on any atom is 0.264 e. The summed E-state index contributed by atoms with van der Waals surface area (Å²) in [6.45, 7) is 4.65. The zero-order chi connectivity index (χ0) is 32.9. The van der Waals surface area contributed by atoms with Gasteiger partial charge in [-0.3, -0.25) is 9.69 Å². The molecule has 3 aliphatic heterocycles. The van der Waals surface area contributed by atoms with Gasteiger partial charge in [-0.05, 0) is 86.4 Å². The second kappa shape index (κ2) is 12.7. The molecule has 12 heteroatoms. The second-order valence-electron chi connectivity index (χ2n) is 13.5. The highest BCUT2D eigenvalue weighted by Crippen LogP contribution is 2.46. The van der Waals surface area contributed by atoms with Crippen molar-refractivity contribution in [2.75, 3.05) is 51.5 Å². The molecule has 250 valence electrons. The number of halogens is 2. The number of amides is 1. The highest BCUT2D eigenvalue weighted by molar-refractivity contribution is 7.90. The van der Waals surface area contributed by atoms with Gasteiger partial charge in [0.25, 0.3) is 5.91 Å². The van der Waals surface area contributed by atoms with Crippen LogP contribution in [0, 0.1) is 5.92 Å². The number of methoxy groups -OCH3 is 1. The van der Waals surface area contributed by atoms with E-state index < -0.39 is 45.1 Å². The van der Waals surface area contributed by atoms with Crippen molar-refractivity contribution in [2.45, 2.75) is 68.2 Å². The van der Waals surface area contributed by atoms with Crippen molar-refractivity contribution in [3.05, 3.63) is 70.0 Å². The Labute approximate surface area is 275 Å². The molecule has 1 aliphatic carbocycles. The Kier molecular flexibility index (Phi) is 9.19. The lowest BCUT2D eigenvalue weighted by molar-refractivity contribution is -0.0787. The van der Waals surface area contributed by atoms with E-state index in [0.717, 1.165) is 25.7 Å². The summed E-state index contributed by atoms with van der Waals surface area (Å²) in [7, 11) is -2.61. The third-order valence-electron chi connectivity index (χ3n) is 10.7. The van der Waals surface area contributed by atoms with E-state index in [1.165, 1.54) is 31.2 Å². The fourth-order valence-electron chi connectivity index (χ4n) is 7.70. The number of aliphatic hydroxyl groups excluding tert-OH is 1. The van der Waals surface area contributed by atoms with Crippen molar-refractivity contribution in [1.29, 1.82) is 0 Å². The predicted octanol–water partition coefficient (Wildman–Crippen LogP) is 4.61. The number of nitrogens with zero attached hydrogens (tertiary/aromatic N) is 2. The number of hydrogen-bond acceptors (Lipinski definition) is 8. The molecule has 2 aromatic carbocycles. The van der Waals surface area contributed by atoms with Crippen LogP contribution in [0.15, 0.2) is 48.3 Å². The van der Waals surface area contributed by atoms with Gasteiger partial charge in [-0.25, -0.2) is 17.5 Å². The molecule has 0 aromatic heterocycles. The molecule has 5 atom stereocenters. The number of aryl methyl sites for hydroxylation is 1. The molecule has 0 unspecified atom stereocenters. The lowest BCUT2D eigenvalue weighted by Crippen LogP contribution is -2.67. The van der Waals surface area contributed by atoms with Crippen molar-refractivity contribution in [2.24, 2.45) is 5.92 Å². The van der Waals surface area contributed by atoms with Crippen LogP contribution < -0.4 is 14.4 Å². The van der Waals surface area contributed by atoms with Crippen LogP contribution in [0.1, 0.15) is 61.0 Å².